The summed E-state index contributed by atoms with van der Waals surface area (Å²) in [6.45, 7) is 3.36. The first kappa shape index (κ1) is 24.9. The third-order valence-electron chi connectivity index (χ3n) is 5.41. The number of nitrogens with one attached hydrogen (secondary N) is 1. The van der Waals surface area contributed by atoms with Gasteiger partial charge in [0, 0.05) is 43.0 Å². The molecule has 4 rings (SSSR count). The minimum absolute atomic E-state index is 0.0451. The number of carbonyl (C=O) groups is 2. The first-order chi connectivity index (χ1) is 16.8. The van der Waals surface area contributed by atoms with E-state index >= 15 is 0 Å². The van der Waals surface area contributed by atoms with Gasteiger partial charge < -0.3 is 15.1 Å². The van der Waals surface area contributed by atoms with Crippen molar-refractivity contribution in [1.29, 1.82) is 0 Å². The van der Waals surface area contributed by atoms with Crippen molar-refractivity contribution in [3.63, 3.8) is 0 Å². The number of amides is 2. The van der Waals surface area contributed by atoms with Gasteiger partial charge in [0.1, 0.15) is 22.6 Å². The van der Waals surface area contributed by atoms with Gasteiger partial charge >= 0.3 is 0 Å². The Hall–Kier alpha value is -3.24. The molecule has 182 valence electrons. The minimum atomic E-state index is -0.450. The molecule has 0 saturated carbocycles. The summed E-state index contributed by atoms with van der Waals surface area (Å²) in [6.07, 6.45) is 0. The molecule has 35 heavy (non-hydrogen) atoms. The Bertz CT molecular complexity index is 1230. The molecule has 2 aromatic carbocycles. The van der Waals surface area contributed by atoms with Crippen LogP contribution < -0.4 is 10.2 Å². The van der Waals surface area contributed by atoms with Crippen LogP contribution in [0.5, 0.6) is 0 Å². The van der Waals surface area contributed by atoms with Crippen LogP contribution in [-0.2, 0) is 4.79 Å². The number of hydrogen-bond acceptors (Lipinski definition) is 6. The zero-order valence-electron chi connectivity index (χ0n) is 18.7. The van der Waals surface area contributed by atoms with Crippen molar-refractivity contribution in [2.45, 2.75) is 18.1 Å². The molecule has 2 heterocycles. The molecule has 7 nitrogen and oxygen atoms in total. The number of aromatic nitrogens is 2. The van der Waals surface area contributed by atoms with Crippen LogP contribution in [0.3, 0.4) is 0 Å². The fraction of sp³-hybridized carbons (Fsp3) is 0.250. The van der Waals surface area contributed by atoms with Crippen molar-refractivity contribution in [1.82, 2.24) is 14.9 Å². The first-order valence-corrected chi connectivity index (χ1v) is 12.2. The van der Waals surface area contributed by atoms with E-state index in [9.17, 15) is 18.4 Å². The Morgan fingerprint density at radius 2 is 1.86 bits per heavy atom. The smallest absolute Gasteiger partial charge is 0.254 e. The molecule has 2 amide bonds. The number of nitrogens with zero attached hydrogens (tertiary/aromatic N) is 4. The highest BCUT2D eigenvalue weighted by atomic mass is 35.5. The van der Waals surface area contributed by atoms with E-state index in [2.05, 4.69) is 15.3 Å². The molecule has 1 unspecified atom stereocenters. The lowest BCUT2D eigenvalue weighted by Crippen LogP contribution is -2.54. The summed E-state index contributed by atoms with van der Waals surface area (Å²) in [5.74, 6) is -0.703. The molecule has 1 aliphatic heterocycles. The number of benzene rings is 2. The summed E-state index contributed by atoms with van der Waals surface area (Å²) in [5.41, 5.74) is 0.803. The molecule has 0 bridgehead atoms. The van der Waals surface area contributed by atoms with Crippen molar-refractivity contribution < 1.29 is 18.4 Å². The highest BCUT2D eigenvalue weighted by Crippen LogP contribution is 2.25. The number of rotatable bonds is 6. The highest BCUT2D eigenvalue weighted by Gasteiger charge is 2.29. The Labute approximate surface area is 210 Å². The van der Waals surface area contributed by atoms with Gasteiger partial charge in [-0.25, -0.2) is 18.7 Å². The monoisotopic (exact) mass is 517 g/mol. The third-order valence-corrected chi connectivity index (χ3v) is 6.45. The SMILES string of the molecule is CC1CN(c2cc(Cl)nc(SCC(=O)Nc3ccc(F)cc3)n2)CCN1C(=O)c1cccc(F)c1. The van der Waals surface area contributed by atoms with Crippen molar-refractivity contribution in [2.75, 3.05) is 35.6 Å². The van der Waals surface area contributed by atoms with E-state index < -0.39 is 5.82 Å². The van der Waals surface area contributed by atoms with Crippen LogP contribution in [0.15, 0.2) is 59.8 Å². The second-order valence-corrected chi connectivity index (χ2v) is 9.31. The molecular formula is C24H22ClF2N5O2S. The van der Waals surface area contributed by atoms with Crippen LogP contribution in [0, 0.1) is 11.6 Å². The first-order valence-electron chi connectivity index (χ1n) is 10.8. The summed E-state index contributed by atoms with van der Waals surface area (Å²) >= 11 is 7.34. The van der Waals surface area contributed by atoms with E-state index in [0.29, 0.717) is 41.9 Å². The van der Waals surface area contributed by atoms with Crippen molar-refractivity contribution in [3.05, 3.63) is 76.9 Å². The van der Waals surface area contributed by atoms with Gasteiger partial charge in [0.2, 0.25) is 5.91 Å². The average Bonchev–Trinajstić information content (AvgIpc) is 2.83. The van der Waals surface area contributed by atoms with Gasteiger partial charge in [-0.1, -0.05) is 29.4 Å². The van der Waals surface area contributed by atoms with Gasteiger partial charge in [0.05, 0.1) is 5.75 Å². The van der Waals surface area contributed by atoms with E-state index in [1.54, 1.807) is 17.0 Å². The second-order valence-electron chi connectivity index (χ2n) is 7.98. The summed E-state index contributed by atoms with van der Waals surface area (Å²) in [6, 6.07) is 12.6. The largest absolute Gasteiger partial charge is 0.353 e. The zero-order valence-corrected chi connectivity index (χ0v) is 20.3. The minimum Gasteiger partial charge on any atom is -0.353 e. The number of carbonyl (C=O) groups excluding carboxylic acids is 2. The van der Waals surface area contributed by atoms with Crippen LogP contribution in [0.25, 0.3) is 0 Å². The Balaban J connectivity index is 1.37. The Kier molecular flexibility index (Phi) is 7.82. The maximum absolute atomic E-state index is 13.5. The summed E-state index contributed by atoms with van der Waals surface area (Å²) < 4.78 is 26.6. The van der Waals surface area contributed by atoms with Crippen LogP contribution in [0.2, 0.25) is 5.15 Å². The Morgan fingerprint density at radius 3 is 2.57 bits per heavy atom. The predicted octanol–water partition coefficient (Wildman–Crippen LogP) is 4.49. The van der Waals surface area contributed by atoms with E-state index in [0.717, 1.165) is 11.8 Å². The maximum Gasteiger partial charge on any atom is 0.254 e. The van der Waals surface area contributed by atoms with E-state index in [4.69, 9.17) is 11.6 Å². The summed E-state index contributed by atoms with van der Waals surface area (Å²) in [4.78, 5) is 37.5. The average molecular weight is 518 g/mol. The van der Waals surface area contributed by atoms with Gasteiger partial charge in [-0.05, 0) is 49.4 Å². The fourth-order valence-electron chi connectivity index (χ4n) is 3.73. The van der Waals surface area contributed by atoms with Crippen LogP contribution in [-0.4, -0.2) is 58.1 Å². The lowest BCUT2D eigenvalue weighted by molar-refractivity contribution is -0.113. The van der Waals surface area contributed by atoms with Gasteiger partial charge in [-0.2, -0.15) is 0 Å². The van der Waals surface area contributed by atoms with Gasteiger partial charge in [-0.3, -0.25) is 9.59 Å². The van der Waals surface area contributed by atoms with E-state index in [-0.39, 0.29) is 34.6 Å². The number of piperazine rings is 1. The molecule has 1 aliphatic rings. The van der Waals surface area contributed by atoms with Crippen molar-refractivity contribution in [3.8, 4) is 0 Å². The molecule has 0 spiro atoms. The predicted molar refractivity (Wildman–Crippen MR) is 132 cm³/mol. The number of halogens is 3. The molecule has 1 saturated heterocycles. The van der Waals surface area contributed by atoms with E-state index in [1.807, 2.05) is 11.8 Å². The quantitative estimate of drug-likeness (QED) is 0.295. The van der Waals surface area contributed by atoms with Gasteiger partial charge in [0.25, 0.3) is 5.91 Å². The molecule has 3 aromatic rings. The topological polar surface area (TPSA) is 78.4 Å². The third kappa shape index (κ3) is 6.46. The van der Waals surface area contributed by atoms with Gasteiger partial charge in [-0.15, -0.1) is 0 Å². The summed E-state index contributed by atoms with van der Waals surface area (Å²) in [5, 5.41) is 3.26. The highest BCUT2D eigenvalue weighted by molar-refractivity contribution is 7.99. The zero-order chi connectivity index (χ0) is 24.9. The lowest BCUT2D eigenvalue weighted by Gasteiger charge is -2.40. The standard InChI is InChI=1S/C24H22ClF2N5O2S/c1-15-13-31(9-10-32(15)23(34)16-3-2-4-18(27)11-16)21-12-20(25)29-24(30-21)35-14-22(33)28-19-7-5-17(26)6-8-19/h2-8,11-12,15H,9-10,13-14H2,1H3,(H,28,33). The van der Waals surface area contributed by atoms with Crippen LogP contribution >= 0.6 is 23.4 Å². The number of hydrogen-bond donors (Lipinski definition) is 1. The van der Waals surface area contributed by atoms with Crippen LogP contribution in [0.4, 0.5) is 20.3 Å². The molecule has 11 heteroatoms. The molecule has 1 atom stereocenters. The molecule has 1 N–H and O–H groups in total. The summed E-state index contributed by atoms with van der Waals surface area (Å²) in [7, 11) is 0. The maximum atomic E-state index is 13.5. The van der Waals surface area contributed by atoms with Crippen molar-refractivity contribution in [2.24, 2.45) is 0 Å². The van der Waals surface area contributed by atoms with E-state index in [1.165, 1.54) is 42.5 Å². The normalized spacial score (nSPS) is 15.7. The molecule has 1 aromatic heterocycles. The number of anilines is 2. The Morgan fingerprint density at radius 1 is 1.09 bits per heavy atom. The molecule has 0 aliphatic carbocycles. The van der Waals surface area contributed by atoms with Crippen LogP contribution in [0.1, 0.15) is 17.3 Å². The molecular weight excluding hydrogens is 496 g/mol. The molecule has 1 fully saturated rings. The molecule has 0 radical (unpaired) electrons. The van der Waals surface area contributed by atoms with Gasteiger partial charge in [0.15, 0.2) is 5.16 Å². The lowest BCUT2D eigenvalue weighted by atomic mass is 10.1. The second kappa shape index (κ2) is 11.0. The number of thioether (sulfide) groups is 1. The van der Waals surface area contributed by atoms with Crippen molar-refractivity contribution >= 4 is 46.7 Å². The fourth-order valence-corrected chi connectivity index (χ4v) is 4.61.